The molecule has 3 aromatic rings. The van der Waals surface area contributed by atoms with Gasteiger partial charge in [0.05, 0.1) is 55.1 Å². The molecule has 11 heteroatoms. The van der Waals surface area contributed by atoms with Gasteiger partial charge in [-0.3, -0.25) is 9.59 Å². The first kappa shape index (κ1) is 26.8. The van der Waals surface area contributed by atoms with E-state index in [1.165, 1.54) is 30.3 Å². The molecule has 0 saturated carbocycles. The number of amides is 1. The molecular weight excluding hydrogens is 526 g/mol. The predicted octanol–water partition coefficient (Wildman–Crippen LogP) is 3.14. The molecule has 1 N–H and O–H groups in total. The number of ketones is 1. The van der Waals surface area contributed by atoms with Crippen LogP contribution in [-0.2, 0) is 24.0 Å². The zero-order chi connectivity index (χ0) is 27.2. The van der Waals surface area contributed by atoms with Crippen LogP contribution in [0.5, 0.6) is 11.5 Å². The van der Waals surface area contributed by atoms with Gasteiger partial charge in [-0.25, -0.2) is 8.42 Å². The maximum atomic E-state index is 13.3. The van der Waals surface area contributed by atoms with Crippen molar-refractivity contribution >= 4 is 27.2 Å². The largest absolute Gasteiger partial charge is 0.487 e. The second-order valence-corrected chi connectivity index (χ2v) is 10.5. The quantitative estimate of drug-likeness (QED) is 0.398. The number of sulfone groups is 1. The van der Waals surface area contributed by atoms with E-state index in [2.05, 4.69) is 5.32 Å². The first-order valence-corrected chi connectivity index (χ1v) is 13.9. The van der Waals surface area contributed by atoms with Crippen LogP contribution in [0.4, 0.5) is 5.69 Å². The molecule has 0 atom stereocenters. The van der Waals surface area contributed by atoms with E-state index in [9.17, 15) is 18.0 Å². The summed E-state index contributed by atoms with van der Waals surface area (Å²) in [6.07, 6.45) is 0. The smallest absolute Gasteiger partial charge is 0.255 e. The van der Waals surface area contributed by atoms with Gasteiger partial charge in [0.25, 0.3) is 5.91 Å². The van der Waals surface area contributed by atoms with Gasteiger partial charge in [0.15, 0.2) is 17.3 Å². The van der Waals surface area contributed by atoms with E-state index in [1.807, 2.05) is 0 Å². The van der Waals surface area contributed by atoms with Crippen molar-refractivity contribution in [2.24, 2.45) is 0 Å². The van der Waals surface area contributed by atoms with Crippen molar-refractivity contribution in [1.82, 2.24) is 0 Å². The number of ether oxygens (including phenoxy) is 5. The lowest BCUT2D eigenvalue weighted by Crippen LogP contribution is -2.22. The minimum absolute atomic E-state index is 0.0289. The third-order valence-corrected chi connectivity index (χ3v) is 7.98. The summed E-state index contributed by atoms with van der Waals surface area (Å²) in [6, 6.07) is 15.1. The Morgan fingerprint density at radius 1 is 0.692 bits per heavy atom. The fraction of sp³-hybridized carbons (Fsp3) is 0.286. The number of hydrogen-bond donors (Lipinski definition) is 1. The number of hydrogen-bond acceptors (Lipinski definition) is 9. The number of fused-ring (bicyclic) bond motifs is 3. The lowest BCUT2D eigenvalue weighted by Gasteiger charge is -2.20. The molecule has 2 aliphatic heterocycles. The van der Waals surface area contributed by atoms with Gasteiger partial charge in [0.2, 0.25) is 9.84 Å². The molecular formula is C28H27NO9S. The van der Waals surface area contributed by atoms with E-state index < -0.39 is 21.5 Å². The fourth-order valence-electron chi connectivity index (χ4n) is 4.25. The monoisotopic (exact) mass is 553 g/mol. The van der Waals surface area contributed by atoms with Crippen LogP contribution in [0.25, 0.3) is 0 Å². The van der Waals surface area contributed by atoms with Crippen LogP contribution < -0.4 is 14.8 Å². The highest BCUT2D eigenvalue weighted by molar-refractivity contribution is 7.91. The van der Waals surface area contributed by atoms with Gasteiger partial charge in [0.1, 0.15) is 13.2 Å². The number of benzene rings is 3. The van der Waals surface area contributed by atoms with Crippen LogP contribution >= 0.6 is 0 Å². The Bertz CT molecular complexity index is 1490. The maximum Gasteiger partial charge on any atom is 0.255 e. The number of rotatable bonds is 2. The minimum Gasteiger partial charge on any atom is -0.487 e. The van der Waals surface area contributed by atoms with Crippen LogP contribution in [0.2, 0.25) is 0 Å². The van der Waals surface area contributed by atoms with Crippen LogP contribution in [0.3, 0.4) is 0 Å². The molecule has 0 unspecified atom stereocenters. The Morgan fingerprint density at radius 3 is 2.08 bits per heavy atom. The summed E-state index contributed by atoms with van der Waals surface area (Å²) in [6.45, 7) is 2.79. The summed E-state index contributed by atoms with van der Waals surface area (Å²) in [5.74, 6) is -0.284. The first-order valence-electron chi connectivity index (χ1n) is 12.4. The van der Waals surface area contributed by atoms with Crippen LogP contribution in [-0.4, -0.2) is 73.0 Å². The zero-order valence-corrected chi connectivity index (χ0v) is 21.8. The lowest BCUT2D eigenvalue weighted by atomic mass is 10.0. The van der Waals surface area contributed by atoms with E-state index in [-0.39, 0.29) is 39.7 Å². The maximum absolute atomic E-state index is 13.3. The molecule has 0 bridgehead atoms. The molecule has 0 fully saturated rings. The summed E-state index contributed by atoms with van der Waals surface area (Å²) in [5.41, 5.74) is 0.538. The standard InChI is InChI=1S/C28H27NO9S/c30-26-20-4-1-2-7-24(20)39(32,33)25-18-19(8-9-21(25)26)28(31)29-22-5-3-6-23-27(22)38-17-15-36-13-11-34-10-12-35-14-16-37-23/h1-9,18H,10-17H2,(H,29,31). The number of para-hydroxylation sites is 1. The van der Waals surface area contributed by atoms with Gasteiger partial charge in [0, 0.05) is 16.7 Å². The highest BCUT2D eigenvalue weighted by atomic mass is 32.2. The molecule has 0 radical (unpaired) electrons. The van der Waals surface area contributed by atoms with E-state index >= 15 is 0 Å². The number of anilines is 1. The van der Waals surface area contributed by atoms with Gasteiger partial charge < -0.3 is 29.0 Å². The summed E-state index contributed by atoms with van der Waals surface area (Å²) in [5, 5.41) is 2.78. The van der Waals surface area contributed by atoms with Crippen molar-refractivity contribution in [3.8, 4) is 11.5 Å². The average Bonchev–Trinajstić information content (AvgIpc) is 2.95. The zero-order valence-electron chi connectivity index (χ0n) is 21.0. The van der Waals surface area contributed by atoms with Crippen LogP contribution in [0.15, 0.2) is 70.5 Å². The molecule has 1 amide bonds. The summed E-state index contributed by atoms with van der Waals surface area (Å²) in [4.78, 5) is 25.9. The Labute approximate surface area is 225 Å². The molecule has 2 aliphatic rings. The Balaban J connectivity index is 1.40. The molecule has 2 heterocycles. The highest BCUT2D eigenvalue weighted by Gasteiger charge is 2.35. The van der Waals surface area contributed by atoms with Crippen molar-refractivity contribution in [3.63, 3.8) is 0 Å². The van der Waals surface area contributed by atoms with Crippen LogP contribution in [0, 0.1) is 0 Å². The number of carbonyl (C=O) groups is 2. The van der Waals surface area contributed by atoms with Gasteiger partial charge in [-0.2, -0.15) is 0 Å². The molecule has 39 heavy (non-hydrogen) atoms. The molecule has 5 rings (SSSR count). The van der Waals surface area contributed by atoms with Gasteiger partial charge in [-0.15, -0.1) is 0 Å². The normalized spacial score (nSPS) is 17.6. The summed E-state index contributed by atoms with van der Waals surface area (Å²) >= 11 is 0. The average molecular weight is 554 g/mol. The Morgan fingerprint density at radius 2 is 1.33 bits per heavy atom. The third kappa shape index (κ3) is 5.81. The van der Waals surface area contributed by atoms with Crippen molar-refractivity contribution in [3.05, 3.63) is 77.4 Å². The number of nitrogens with one attached hydrogen (secondary N) is 1. The lowest BCUT2D eigenvalue weighted by molar-refractivity contribution is 0.00709. The Kier molecular flexibility index (Phi) is 8.22. The fourth-order valence-corrected chi connectivity index (χ4v) is 5.93. The van der Waals surface area contributed by atoms with Crippen molar-refractivity contribution in [2.45, 2.75) is 9.79 Å². The van der Waals surface area contributed by atoms with Crippen molar-refractivity contribution in [2.75, 3.05) is 58.2 Å². The Hall–Kier alpha value is -3.77. The van der Waals surface area contributed by atoms with E-state index in [0.717, 1.165) is 0 Å². The van der Waals surface area contributed by atoms with Gasteiger partial charge >= 0.3 is 0 Å². The third-order valence-electron chi connectivity index (χ3n) is 6.13. The van der Waals surface area contributed by atoms with Crippen molar-refractivity contribution in [1.29, 1.82) is 0 Å². The molecule has 3 aromatic carbocycles. The summed E-state index contributed by atoms with van der Waals surface area (Å²) < 4.78 is 54.7. The van der Waals surface area contributed by atoms with Crippen LogP contribution in [0.1, 0.15) is 26.3 Å². The van der Waals surface area contributed by atoms with E-state index in [4.69, 9.17) is 23.7 Å². The molecule has 0 aromatic heterocycles. The topological polar surface area (TPSA) is 126 Å². The second-order valence-electron chi connectivity index (χ2n) is 8.66. The van der Waals surface area contributed by atoms with Gasteiger partial charge in [-0.1, -0.05) is 18.2 Å². The predicted molar refractivity (Wildman–Crippen MR) is 140 cm³/mol. The van der Waals surface area contributed by atoms with E-state index in [0.29, 0.717) is 56.8 Å². The second kappa shape index (κ2) is 12.0. The SMILES string of the molecule is O=C(Nc1cccc2c1OCCOCCOCCOCCO2)c1ccc2c(c1)S(=O)(=O)c1ccccc1C2=O. The van der Waals surface area contributed by atoms with Gasteiger partial charge in [-0.05, 0) is 42.5 Å². The molecule has 0 aliphatic carbocycles. The van der Waals surface area contributed by atoms with Crippen molar-refractivity contribution < 1.29 is 41.7 Å². The van der Waals surface area contributed by atoms with E-state index in [1.54, 1.807) is 30.3 Å². The molecule has 0 spiro atoms. The number of carbonyl (C=O) groups excluding carboxylic acids is 2. The highest BCUT2D eigenvalue weighted by Crippen LogP contribution is 2.37. The first-order chi connectivity index (χ1) is 19.0. The summed E-state index contributed by atoms with van der Waals surface area (Å²) in [7, 11) is -3.99. The minimum atomic E-state index is -3.99. The molecule has 0 saturated heterocycles. The molecule has 10 nitrogen and oxygen atoms in total. The molecule has 204 valence electrons.